The number of hydrogen-bond donors (Lipinski definition) is 1. The monoisotopic (exact) mass is 403 g/mol. The van der Waals surface area contributed by atoms with Gasteiger partial charge in [-0.25, -0.2) is 4.98 Å². The molecule has 4 aromatic carbocycles. The van der Waals surface area contributed by atoms with Crippen molar-refractivity contribution in [1.29, 1.82) is 0 Å². The Kier molecular flexibility index (Phi) is 4.20. The number of rotatable bonds is 4. The first-order chi connectivity index (χ1) is 15.4. The van der Waals surface area contributed by atoms with Crippen LogP contribution in [0.15, 0.2) is 103 Å². The molecule has 0 aliphatic carbocycles. The van der Waals surface area contributed by atoms with Gasteiger partial charge in [0, 0.05) is 11.3 Å². The Hall–Kier alpha value is -4.05. The van der Waals surface area contributed by atoms with Crippen LogP contribution in [0.3, 0.4) is 0 Å². The first kappa shape index (κ1) is 17.8. The van der Waals surface area contributed by atoms with Crippen molar-refractivity contribution in [2.24, 2.45) is 0 Å². The zero-order chi connectivity index (χ0) is 20.6. The van der Waals surface area contributed by atoms with Gasteiger partial charge in [0.1, 0.15) is 24.3 Å². The average molecular weight is 403 g/mol. The molecular weight excluding hydrogens is 382 g/mol. The summed E-state index contributed by atoms with van der Waals surface area (Å²) in [6.07, 6.45) is -0.0717. The van der Waals surface area contributed by atoms with E-state index in [9.17, 15) is 0 Å². The van der Waals surface area contributed by atoms with Crippen LogP contribution in [-0.2, 0) is 6.61 Å². The summed E-state index contributed by atoms with van der Waals surface area (Å²) in [4.78, 5) is 4.96. The predicted octanol–water partition coefficient (Wildman–Crippen LogP) is 6.25. The number of fused-ring (bicyclic) bond motifs is 5. The van der Waals surface area contributed by atoms with Gasteiger partial charge in [0.15, 0.2) is 0 Å². The molecule has 6 rings (SSSR count). The van der Waals surface area contributed by atoms with Crippen molar-refractivity contribution >= 4 is 16.7 Å². The third kappa shape index (κ3) is 3.13. The van der Waals surface area contributed by atoms with E-state index >= 15 is 0 Å². The minimum Gasteiger partial charge on any atom is -0.489 e. The highest BCUT2D eigenvalue weighted by atomic mass is 16.5. The molecule has 1 aliphatic heterocycles. The van der Waals surface area contributed by atoms with Crippen LogP contribution in [0.2, 0.25) is 0 Å². The standard InChI is InChI=1S/C27H21N3O/c1-2-9-19(10-3-1)18-31-21-12-8-11-20(17-21)26-28-23-14-5-4-13-22(23)27-29-24-15-6-7-16-25(24)30(26)27/h1-17,26,28H,18H2. The van der Waals surface area contributed by atoms with E-state index in [0.29, 0.717) is 6.61 Å². The normalized spacial score (nSPS) is 14.5. The third-order valence-corrected chi connectivity index (χ3v) is 5.74. The van der Waals surface area contributed by atoms with Crippen molar-refractivity contribution in [3.8, 4) is 17.1 Å². The molecule has 0 saturated heterocycles. The fraction of sp³-hybridized carbons (Fsp3) is 0.0741. The summed E-state index contributed by atoms with van der Waals surface area (Å²) < 4.78 is 8.38. The van der Waals surface area contributed by atoms with Gasteiger partial charge in [-0.1, -0.05) is 66.7 Å². The third-order valence-electron chi connectivity index (χ3n) is 5.74. The van der Waals surface area contributed by atoms with Crippen molar-refractivity contribution in [2.75, 3.05) is 5.32 Å². The Balaban J connectivity index is 1.42. The Bertz CT molecular complexity index is 1370. The van der Waals surface area contributed by atoms with E-state index in [2.05, 4.69) is 82.7 Å². The zero-order valence-electron chi connectivity index (χ0n) is 16.9. The van der Waals surface area contributed by atoms with Crippen LogP contribution < -0.4 is 10.1 Å². The lowest BCUT2D eigenvalue weighted by atomic mass is 10.1. The molecule has 2 heterocycles. The molecule has 0 amide bonds. The Labute approximate surface area is 180 Å². The van der Waals surface area contributed by atoms with Gasteiger partial charge in [-0.05, 0) is 47.5 Å². The topological polar surface area (TPSA) is 39.1 Å². The molecule has 1 unspecified atom stereocenters. The van der Waals surface area contributed by atoms with Crippen molar-refractivity contribution < 1.29 is 4.74 Å². The first-order valence-electron chi connectivity index (χ1n) is 10.5. The van der Waals surface area contributed by atoms with Crippen LogP contribution in [0.5, 0.6) is 5.75 Å². The van der Waals surface area contributed by atoms with Gasteiger partial charge in [0.2, 0.25) is 0 Å². The van der Waals surface area contributed by atoms with E-state index in [1.165, 1.54) is 0 Å². The summed E-state index contributed by atoms with van der Waals surface area (Å²) in [7, 11) is 0. The fourth-order valence-corrected chi connectivity index (χ4v) is 4.26. The lowest BCUT2D eigenvalue weighted by Gasteiger charge is -2.30. The minimum atomic E-state index is -0.0717. The van der Waals surface area contributed by atoms with Crippen LogP contribution >= 0.6 is 0 Å². The number of para-hydroxylation sites is 3. The molecule has 0 bridgehead atoms. The van der Waals surface area contributed by atoms with Gasteiger partial charge < -0.3 is 10.1 Å². The molecule has 0 radical (unpaired) electrons. The number of aromatic nitrogens is 2. The van der Waals surface area contributed by atoms with Crippen LogP contribution in [0, 0.1) is 0 Å². The maximum atomic E-state index is 6.10. The van der Waals surface area contributed by atoms with Gasteiger partial charge in [-0.2, -0.15) is 0 Å². The largest absolute Gasteiger partial charge is 0.489 e. The van der Waals surface area contributed by atoms with Gasteiger partial charge in [-0.15, -0.1) is 0 Å². The Morgan fingerprint density at radius 3 is 2.55 bits per heavy atom. The number of nitrogens with zero attached hydrogens (tertiary/aromatic N) is 2. The van der Waals surface area contributed by atoms with E-state index in [-0.39, 0.29) is 6.17 Å². The highest BCUT2D eigenvalue weighted by Gasteiger charge is 2.28. The van der Waals surface area contributed by atoms with Crippen LogP contribution in [0.1, 0.15) is 17.3 Å². The molecular formula is C27H21N3O. The second-order valence-corrected chi connectivity index (χ2v) is 7.73. The molecule has 0 fully saturated rings. The minimum absolute atomic E-state index is 0.0717. The highest BCUT2D eigenvalue weighted by molar-refractivity contribution is 5.86. The number of hydrogen-bond acceptors (Lipinski definition) is 3. The van der Waals surface area contributed by atoms with E-state index in [4.69, 9.17) is 9.72 Å². The molecule has 1 aromatic heterocycles. The molecule has 1 N–H and O–H groups in total. The molecule has 0 saturated carbocycles. The molecule has 4 heteroatoms. The Morgan fingerprint density at radius 2 is 1.61 bits per heavy atom. The quantitative estimate of drug-likeness (QED) is 0.385. The predicted molar refractivity (Wildman–Crippen MR) is 124 cm³/mol. The summed E-state index contributed by atoms with van der Waals surface area (Å²) in [6.45, 7) is 0.546. The van der Waals surface area contributed by atoms with Gasteiger partial charge in [0.25, 0.3) is 0 Å². The second-order valence-electron chi connectivity index (χ2n) is 7.73. The van der Waals surface area contributed by atoms with Crippen LogP contribution in [0.4, 0.5) is 5.69 Å². The SMILES string of the molecule is c1ccc(COc2cccc(C3Nc4ccccc4-c4nc5ccccc5n43)c2)cc1. The smallest absolute Gasteiger partial charge is 0.145 e. The number of benzene rings is 4. The van der Waals surface area contributed by atoms with Gasteiger partial charge in [-0.3, -0.25) is 4.57 Å². The van der Waals surface area contributed by atoms with Gasteiger partial charge in [0.05, 0.1) is 11.0 Å². The van der Waals surface area contributed by atoms with Crippen molar-refractivity contribution in [1.82, 2.24) is 9.55 Å². The number of nitrogens with one attached hydrogen (secondary N) is 1. The average Bonchev–Trinajstić information content (AvgIpc) is 3.23. The molecule has 31 heavy (non-hydrogen) atoms. The fourth-order valence-electron chi connectivity index (χ4n) is 4.26. The summed E-state index contributed by atoms with van der Waals surface area (Å²) >= 11 is 0. The Morgan fingerprint density at radius 1 is 0.806 bits per heavy atom. The van der Waals surface area contributed by atoms with E-state index in [0.717, 1.165) is 45.0 Å². The number of anilines is 1. The first-order valence-corrected chi connectivity index (χ1v) is 10.5. The summed E-state index contributed by atoms with van der Waals surface area (Å²) in [5.41, 5.74) is 6.60. The molecule has 4 nitrogen and oxygen atoms in total. The number of ether oxygens (including phenoxy) is 1. The van der Waals surface area contributed by atoms with E-state index in [1.807, 2.05) is 30.3 Å². The van der Waals surface area contributed by atoms with Crippen molar-refractivity contribution in [3.63, 3.8) is 0 Å². The van der Waals surface area contributed by atoms with Crippen LogP contribution in [0.25, 0.3) is 22.4 Å². The number of imidazole rings is 1. The molecule has 1 atom stereocenters. The second kappa shape index (κ2) is 7.33. The van der Waals surface area contributed by atoms with Crippen LogP contribution in [-0.4, -0.2) is 9.55 Å². The van der Waals surface area contributed by atoms with E-state index < -0.39 is 0 Å². The summed E-state index contributed by atoms with van der Waals surface area (Å²) in [6, 6.07) is 35.2. The van der Waals surface area contributed by atoms with Crippen molar-refractivity contribution in [3.05, 3.63) is 114 Å². The molecule has 5 aromatic rings. The highest BCUT2D eigenvalue weighted by Crippen LogP contribution is 2.40. The molecule has 0 spiro atoms. The lowest BCUT2D eigenvalue weighted by Crippen LogP contribution is -2.24. The van der Waals surface area contributed by atoms with E-state index in [1.54, 1.807) is 0 Å². The summed E-state index contributed by atoms with van der Waals surface area (Å²) in [5.74, 6) is 1.84. The molecule has 150 valence electrons. The maximum Gasteiger partial charge on any atom is 0.145 e. The maximum absolute atomic E-state index is 6.10. The lowest BCUT2D eigenvalue weighted by molar-refractivity contribution is 0.305. The summed E-state index contributed by atoms with van der Waals surface area (Å²) in [5, 5.41) is 3.72. The van der Waals surface area contributed by atoms with Crippen molar-refractivity contribution in [2.45, 2.75) is 12.8 Å². The van der Waals surface area contributed by atoms with Gasteiger partial charge >= 0.3 is 0 Å². The zero-order valence-corrected chi connectivity index (χ0v) is 16.9. The molecule has 1 aliphatic rings.